The molecule has 0 saturated carbocycles. The van der Waals surface area contributed by atoms with Gasteiger partial charge in [0.25, 0.3) is 11.5 Å². The zero-order valence-electron chi connectivity index (χ0n) is 14.8. The molecule has 0 fully saturated rings. The molecule has 0 aliphatic rings. The largest absolute Gasteiger partial charge is 0.357 e. The van der Waals surface area contributed by atoms with Crippen molar-refractivity contribution in [2.75, 3.05) is 18.9 Å². The first kappa shape index (κ1) is 18.2. The number of amides is 1. The highest BCUT2D eigenvalue weighted by Gasteiger charge is 2.13. The van der Waals surface area contributed by atoms with Gasteiger partial charge < -0.3 is 10.6 Å². The molecule has 27 heavy (non-hydrogen) atoms. The molecule has 0 atom stereocenters. The van der Waals surface area contributed by atoms with Crippen molar-refractivity contribution in [1.29, 1.82) is 0 Å². The molecule has 0 bridgehead atoms. The predicted octanol–water partition coefficient (Wildman–Crippen LogP) is 1.03. The van der Waals surface area contributed by atoms with E-state index in [1.807, 2.05) is 12.1 Å². The summed E-state index contributed by atoms with van der Waals surface area (Å²) in [5.41, 5.74) is 1.47. The first-order valence-electron chi connectivity index (χ1n) is 8.45. The number of nitrogens with one attached hydrogen (secondary N) is 3. The fraction of sp³-hybridized carbons (Fsp3) is 0.222. The quantitative estimate of drug-likeness (QED) is 0.534. The smallest absolute Gasteiger partial charge is 0.277 e. The number of hydrogen-bond acceptors (Lipinski definition) is 7. The monoisotopic (exact) mass is 365 g/mol. The summed E-state index contributed by atoms with van der Waals surface area (Å²) < 4.78 is 0. The molecule has 9 nitrogen and oxygen atoms in total. The van der Waals surface area contributed by atoms with Gasteiger partial charge in [0.05, 0.1) is 5.69 Å². The third-order valence-corrected chi connectivity index (χ3v) is 3.87. The van der Waals surface area contributed by atoms with Gasteiger partial charge in [-0.2, -0.15) is 5.10 Å². The van der Waals surface area contributed by atoms with Crippen LogP contribution < -0.4 is 16.2 Å². The van der Waals surface area contributed by atoms with Crippen LogP contribution in [0.3, 0.4) is 0 Å². The first-order chi connectivity index (χ1) is 13.2. The fourth-order valence-electron chi connectivity index (χ4n) is 2.47. The molecule has 0 unspecified atom stereocenters. The number of carbonyl (C=O) groups excluding carboxylic acids is 1. The lowest BCUT2D eigenvalue weighted by atomic mass is 10.1. The van der Waals surface area contributed by atoms with Gasteiger partial charge in [0, 0.05) is 32.2 Å². The number of aromatic amines is 1. The summed E-state index contributed by atoms with van der Waals surface area (Å²) in [4.78, 5) is 36.6. The van der Waals surface area contributed by atoms with Gasteiger partial charge in [-0.15, -0.1) is 0 Å². The second kappa shape index (κ2) is 8.65. The van der Waals surface area contributed by atoms with Crippen LogP contribution in [0, 0.1) is 0 Å². The first-order valence-corrected chi connectivity index (χ1v) is 8.45. The number of nitrogens with zero attached hydrogens (tertiary/aromatic N) is 4. The van der Waals surface area contributed by atoms with E-state index in [1.54, 1.807) is 31.7 Å². The van der Waals surface area contributed by atoms with Gasteiger partial charge in [-0.3, -0.25) is 14.6 Å². The second-order valence-electron chi connectivity index (χ2n) is 5.73. The highest BCUT2D eigenvalue weighted by Crippen LogP contribution is 2.14. The van der Waals surface area contributed by atoms with Crippen molar-refractivity contribution >= 4 is 11.9 Å². The Hall–Kier alpha value is -3.62. The summed E-state index contributed by atoms with van der Waals surface area (Å²) in [5, 5.41) is 11.9. The van der Waals surface area contributed by atoms with Crippen LogP contribution in [0.2, 0.25) is 0 Å². The lowest BCUT2D eigenvalue weighted by Crippen LogP contribution is -2.31. The van der Waals surface area contributed by atoms with E-state index in [-0.39, 0.29) is 5.56 Å². The Morgan fingerprint density at radius 3 is 2.74 bits per heavy atom. The minimum Gasteiger partial charge on any atom is -0.357 e. The molecule has 9 heteroatoms. The van der Waals surface area contributed by atoms with Gasteiger partial charge in [-0.1, -0.05) is 0 Å². The van der Waals surface area contributed by atoms with E-state index in [0.717, 1.165) is 18.4 Å². The fourth-order valence-corrected chi connectivity index (χ4v) is 2.47. The Bertz CT molecular complexity index is 973. The van der Waals surface area contributed by atoms with Crippen LogP contribution in [0.25, 0.3) is 11.4 Å². The van der Waals surface area contributed by atoms with Crippen molar-refractivity contribution in [2.24, 2.45) is 0 Å². The van der Waals surface area contributed by atoms with Crippen LogP contribution in [0.15, 0.2) is 47.7 Å². The average molecular weight is 365 g/mol. The van der Waals surface area contributed by atoms with E-state index in [0.29, 0.717) is 23.9 Å². The molecular weight excluding hydrogens is 346 g/mol. The Morgan fingerprint density at radius 2 is 1.96 bits per heavy atom. The number of carbonyl (C=O) groups is 1. The lowest BCUT2D eigenvalue weighted by molar-refractivity contribution is 0.0951. The van der Waals surface area contributed by atoms with E-state index in [1.165, 1.54) is 6.07 Å². The Labute approximate surface area is 155 Å². The van der Waals surface area contributed by atoms with Crippen molar-refractivity contribution in [1.82, 2.24) is 30.5 Å². The molecule has 3 aromatic heterocycles. The third kappa shape index (κ3) is 4.72. The Balaban J connectivity index is 1.66. The number of aryl methyl sites for hydroxylation is 1. The van der Waals surface area contributed by atoms with E-state index in [2.05, 4.69) is 35.8 Å². The van der Waals surface area contributed by atoms with Gasteiger partial charge in [0.1, 0.15) is 11.3 Å². The maximum Gasteiger partial charge on any atom is 0.277 e. The van der Waals surface area contributed by atoms with E-state index in [9.17, 15) is 9.59 Å². The molecule has 0 aliphatic heterocycles. The molecule has 0 radical (unpaired) electrons. The number of rotatable bonds is 7. The molecule has 0 saturated heterocycles. The zero-order chi connectivity index (χ0) is 19.1. The normalized spacial score (nSPS) is 10.4. The van der Waals surface area contributed by atoms with Gasteiger partial charge in [0.15, 0.2) is 0 Å². The van der Waals surface area contributed by atoms with Crippen LogP contribution in [0.4, 0.5) is 5.95 Å². The van der Waals surface area contributed by atoms with Crippen molar-refractivity contribution in [3.05, 3.63) is 64.3 Å². The Kier molecular flexibility index (Phi) is 5.83. The summed E-state index contributed by atoms with van der Waals surface area (Å²) in [7, 11) is 1.70. The number of H-pyrrole nitrogens is 1. The molecule has 0 spiro atoms. The summed E-state index contributed by atoms with van der Waals surface area (Å²) in [6, 6.07) is 6.95. The van der Waals surface area contributed by atoms with Crippen LogP contribution in [-0.2, 0) is 6.42 Å². The molecule has 1 amide bonds. The Morgan fingerprint density at radius 1 is 1.15 bits per heavy atom. The summed E-state index contributed by atoms with van der Waals surface area (Å²) in [6.07, 6.45) is 6.61. The summed E-state index contributed by atoms with van der Waals surface area (Å²) in [6.45, 7) is 0.454. The van der Waals surface area contributed by atoms with Crippen LogP contribution >= 0.6 is 0 Å². The number of aromatic nitrogens is 5. The summed E-state index contributed by atoms with van der Waals surface area (Å²) in [5.74, 6) is -0.0277. The highest BCUT2D eigenvalue weighted by atomic mass is 16.2. The van der Waals surface area contributed by atoms with Crippen LogP contribution in [-0.4, -0.2) is 44.6 Å². The standard InChI is InChI=1S/C18H19N7O2/c1-19-18-22-10-6-14(23-18)15-11-13(17(27)25-24-15)16(26)21-7-2-3-12-4-8-20-9-5-12/h4-6,8-11H,2-3,7H2,1H3,(H,21,26)(H,25,27)(H,19,22,23). The molecule has 3 aromatic rings. The van der Waals surface area contributed by atoms with Gasteiger partial charge in [-0.05, 0) is 42.7 Å². The van der Waals surface area contributed by atoms with Gasteiger partial charge in [0.2, 0.25) is 5.95 Å². The zero-order valence-corrected chi connectivity index (χ0v) is 14.8. The summed E-state index contributed by atoms with van der Waals surface area (Å²) >= 11 is 0. The number of anilines is 1. The van der Waals surface area contributed by atoms with Crippen molar-refractivity contribution < 1.29 is 4.79 Å². The topological polar surface area (TPSA) is 126 Å². The van der Waals surface area contributed by atoms with Gasteiger partial charge in [-0.25, -0.2) is 15.1 Å². The highest BCUT2D eigenvalue weighted by molar-refractivity contribution is 5.94. The molecular formula is C18H19N7O2. The average Bonchev–Trinajstić information content (AvgIpc) is 2.72. The van der Waals surface area contributed by atoms with Crippen molar-refractivity contribution in [3.8, 4) is 11.4 Å². The SMILES string of the molecule is CNc1nccc(-c2cc(C(=O)NCCCc3ccncc3)c(=O)[nH]n2)n1. The van der Waals surface area contributed by atoms with Gasteiger partial charge >= 0.3 is 0 Å². The number of hydrogen-bond donors (Lipinski definition) is 3. The minimum absolute atomic E-state index is 0.00599. The molecule has 3 rings (SSSR count). The van der Waals surface area contributed by atoms with Crippen molar-refractivity contribution in [2.45, 2.75) is 12.8 Å². The third-order valence-electron chi connectivity index (χ3n) is 3.87. The molecule has 3 heterocycles. The van der Waals surface area contributed by atoms with E-state index < -0.39 is 11.5 Å². The predicted molar refractivity (Wildman–Crippen MR) is 100 cm³/mol. The molecule has 0 aliphatic carbocycles. The maximum atomic E-state index is 12.4. The van der Waals surface area contributed by atoms with E-state index >= 15 is 0 Å². The van der Waals surface area contributed by atoms with Crippen LogP contribution in [0.5, 0.6) is 0 Å². The number of pyridine rings is 1. The van der Waals surface area contributed by atoms with Crippen molar-refractivity contribution in [3.63, 3.8) is 0 Å². The lowest BCUT2D eigenvalue weighted by Gasteiger charge is -2.06. The molecule has 138 valence electrons. The minimum atomic E-state index is -0.548. The molecule has 3 N–H and O–H groups in total. The van der Waals surface area contributed by atoms with Crippen LogP contribution in [0.1, 0.15) is 22.3 Å². The second-order valence-corrected chi connectivity index (χ2v) is 5.73. The van der Waals surface area contributed by atoms with E-state index in [4.69, 9.17) is 0 Å². The molecule has 0 aromatic carbocycles. The maximum absolute atomic E-state index is 12.4.